The Labute approximate surface area is 108 Å². The lowest BCUT2D eigenvalue weighted by Gasteiger charge is -2.14. The van der Waals surface area contributed by atoms with Gasteiger partial charge in [0.25, 0.3) is 5.91 Å². The Kier molecular flexibility index (Phi) is 5.25. The highest BCUT2D eigenvalue weighted by Gasteiger charge is 2.12. The molecule has 1 amide bonds. The molecule has 0 fully saturated rings. The molecule has 16 heavy (non-hydrogen) atoms. The molecule has 88 valence electrons. The summed E-state index contributed by atoms with van der Waals surface area (Å²) in [5.41, 5.74) is 0.517. The largest absolute Gasteiger partial charge is 0.394 e. The number of halogens is 2. The van der Waals surface area contributed by atoms with Gasteiger partial charge in [0.05, 0.1) is 17.7 Å². The molecule has 0 saturated carbocycles. The number of amides is 1. The van der Waals surface area contributed by atoms with Gasteiger partial charge in [-0.25, -0.2) is 0 Å². The van der Waals surface area contributed by atoms with Gasteiger partial charge in [0, 0.05) is 10.0 Å². The fourth-order valence-electron chi connectivity index (χ4n) is 1.18. The summed E-state index contributed by atoms with van der Waals surface area (Å²) in [5.74, 6) is -0.210. The van der Waals surface area contributed by atoms with E-state index >= 15 is 0 Å². The van der Waals surface area contributed by atoms with Gasteiger partial charge in [0.2, 0.25) is 0 Å². The number of carbonyl (C=O) groups is 1. The Bertz CT molecular complexity index is 380. The molecule has 0 aliphatic carbocycles. The molecule has 0 unspecified atom stereocenters. The Morgan fingerprint density at radius 3 is 2.81 bits per heavy atom. The lowest BCUT2D eigenvalue weighted by molar-refractivity contribution is 0.0915. The number of hydrogen-bond donors (Lipinski definition) is 2. The molecule has 3 nitrogen and oxygen atoms in total. The SMILES string of the molecule is CC[C@@H](CO)NC(=O)c1ccc(Cl)c(Br)c1. The van der Waals surface area contributed by atoms with Crippen LogP contribution in [0.5, 0.6) is 0 Å². The Morgan fingerprint density at radius 1 is 1.62 bits per heavy atom. The van der Waals surface area contributed by atoms with Crippen LogP contribution in [0.3, 0.4) is 0 Å². The van der Waals surface area contributed by atoms with Crippen LogP contribution >= 0.6 is 27.5 Å². The second-order valence-electron chi connectivity index (χ2n) is 3.39. The first-order chi connectivity index (χ1) is 7.58. The van der Waals surface area contributed by atoms with Crippen LogP contribution in [0.1, 0.15) is 23.7 Å². The minimum Gasteiger partial charge on any atom is -0.394 e. The van der Waals surface area contributed by atoms with Crippen LogP contribution in [0.4, 0.5) is 0 Å². The summed E-state index contributed by atoms with van der Waals surface area (Å²) in [6, 6.07) is 4.75. The van der Waals surface area contributed by atoms with Crippen molar-refractivity contribution in [3.8, 4) is 0 Å². The van der Waals surface area contributed by atoms with Crippen molar-refractivity contribution in [1.82, 2.24) is 5.32 Å². The normalized spacial score (nSPS) is 12.2. The van der Waals surface area contributed by atoms with Crippen molar-refractivity contribution in [3.63, 3.8) is 0 Å². The molecule has 0 bridgehead atoms. The van der Waals surface area contributed by atoms with E-state index in [1.54, 1.807) is 18.2 Å². The van der Waals surface area contributed by atoms with E-state index in [0.717, 1.165) is 0 Å². The molecule has 0 saturated heterocycles. The maximum Gasteiger partial charge on any atom is 0.251 e. The van der Waals surface area contributed by atoms with Crippen molar-refractivity contribution in [2.45, 2.75) is 19.4 Å². The third-order valence-corrected chi connectivity index (χ3v) is 3.44. The third kappa shape index (κ3) is 3.47. The van der Waals surface area contributed by atoms with Gasteiger partial charge in [0.15, 0.2) is 0 Å². The third-order valence-electron chi connectivity index (χ3n) is 2.23. The number of hydrogen-bond acceptors (Lipinski definition) is 2. The van der Waals surface area contributed by atoms with Crippen LogP contribution in [-0.4, -0.2) is 23.7 Å². The molecule has 1 rings (SSSR count). The van der Waals surface area contributed by atoms with Gasteiger partial charge in [-0.3, -0.25) is 4.79 Å². The molecule has 2 N–H and O–H groups in total. The average Bonchev–Trinajstić information content (AvgIpc) is 2.29. The van der Waals surface area contributed by atoms with Crippen LogP contribution in [-0.2, 0) is 0 Å². The molecule has 0 aliphatic rings. The molecule has 0 heterocycles. The van der Waals surface area contributed by atoms with E-state index in [1.807, 2.05) is 6.92 Å². The maximum atomic E-state index is 11.8. The number of rotatable bonds is 4. The first kappa shape index (κ1) is 13.5. The molecule has 1 aromatic rings. The van der Waals surface area contributed by atoms with Gasteiger partial charge in [-0.15, -0.1) is 0 Å². The predicted octanol–water partition coefficient (Wildman–Crippen LogP) is 2.60. The Hall–Kier alpha value is -0.580. The smallest absolute Gasteiger partial charge is 0.251 e. The minimum absolute atomic E-state index is 0.0585. The van der Waals surface area contributed by atoms with E-state index in [4.69, 9.17) is 16.7 Å². The molecular weight excluding hydrogens is 293 g/mol. The van der Waals surface area contributed by atoms with Crippen molar-refractivity contribution in [2.24, 2.45) is 0 Å². The van der Waals surface area contributed by atoms with Crippen molar-refractivity contribution in [2.75, 3.05) is 6.61 Å². The fourth-order valence-corrected chi connectivity index (χ4v) is 1.68. The van der Waals surface area contributed by atoms with Crippen molar-refractivity contribution >= 4 is 33.4 Å². The average molecular weight is 307 g/mol. The Balaban J connectivity index is 2.76. The molecule has 0 spiro atoms. The van der Waals surface area contributed by atoms with Gasteiger partial charge in [-0.2, -0.15) is 0 Å². The van der Waals surface area contributed by atoms with Crippen molar-refractivity contribution in [1.29, 1.82) is 0 Å². The monoisotopic (exact) mass is 305 g/mol. The van der Waals surface area contributed by atoms with Gasteiger partial charge in [-0.1, -0.05) is 18.5 Å². The van der Waals surface area contributed by atoms with Gasteiger partial charge in [0.1, 0.15) is 0 Å². The van der Waals surface area contributed by atoms with E-state index in [0.29, 0.717) is 21.5 Å². The second-order valence-corrected chi connectivity index (χ2v) is 4.65. The number of nitrogens with one attached hydrogen (secondary N) is 1. The molecule has 1 atom stereocenters. The molecule has 5 heteroatoms. The van der Waals surface area contributed by atoms with Crippen LogP contribution in [0.25, 0.3) is 0 Å². The van der Waals surface area contributed by atoms with Gasteiger partial charge < -0.3 is 10.4 Å². The zero-order valence-electron chi connectivity index (χ0n) is 8.84. The van der Waals surface area contributed by atoms with E-state index in [-0.39, 0.29) is 18.6 Å². The van der Waals surface area contributed by atoms with Gasteiger partial charge in [-0.05, 0) is 40.5 Å². The zero-order chi connectivity index (χ0) is 12.1. The standard InChI is InChI=1S/C11H13BrClNO2/c1-2-8(6-15)14-11(16)7-3-4-10(13)9(12)5-7/h3-5,8,15H,2,6H2,1H3,(H,14,16)/t8-/m0/s1. The van der Waals surface area contributed by atoms with Crippen LogP contribution in [0.2, 0.25) is 5.02 Å². The summed E-state index contributed by atoms with van der Waals surface area (Å²) in [4.78, 5) is 11.8. The van der Waals surface area contributed by atoms with Crippen LogP contribution < -0.4 is 5.32 Å². The zero-order valence-corrected chi connectivity index (χ0v) is 11.2. The number of aliphatic hydroxyl groups excluding tert-OH is 1. The summed E-state index contributed by atoms with van der Waals surface area (Å²) in [6.07, 6.45) is 0.691. The van der Waals surface area contributed by atoms with Gasteiger partial charge >= 0.3 is 0 Å². The predicted molar refractivity (Wildman–Crippen MR) is 67.8 cm³/mol. The van der Waals surface area contributed by atoms with Crippen LogP contribution in [0.15, 0.2) is 22.7 Å². The molecule has 1 aromatic carbocycles. The summed E-state index contributed by atoms with van der Waals surface area (Å²) >= 11 is 9.08. The summed E-state index contributed by atoms with van der Waals surface area (Å²) < 4.78 is 0.680. The lowest BCUT2D eigenvalue weighted by atomic mass is 10.2. The summed E-state index contributed by atoms with van der Waals surface area (Å²) in [7, 11) is 0. The Morgan fingerprint density at radius 2 is 2.31 bits per heavy atom. The quantitative estimate of drug-likeness (QED) is 0.898. The maximum absolute atomic E-state index is 11.8. The second kappa shape index (κ2) is 6.23. The lowest BCUT2D eigenvalue weighted by Crippen LogP contribution is -2.36. The minimum atomic E-state index is -0.210. The van der Waals surface area contributed by atoms with E-state index in [9.17, 15) is 4.79 Å². The van der Waals surface area contributed by atoms with Crippen LogP contribution in [0, 0.1) is 0 Å². The molecule has 0 aromatic heterocycles. The highest BCUT2D eigenvalue weighted by atomic mass is 79.9. The first-order valence-electron chi connectivity index (χ1n) is 4.95. The van der Waals surface area contributed by atoms with E-state index in [1.165, 1.54) is 0 Å². The highest BCUT2D eigenvalue weighted by molar-refractivity contribution is 9.10. The topological polar surface area (TPSA) is 49.3 Å². The van der Waals surface area contributed by atoms with E-state index < -0.39 is 0 Å². The van der Waals surface area contributed by atoms with E-state index in [2.05, 4.69) is 21.2 Å². The number of carbonyl (C=O) groups excluding carboxylic acids is 1. The first-order valence-corrected chi connectivity index (χ1v) is 6.12. The summed E-state index contributed by atoms with van der Waals surface area (Å²) in [6.45, 7) is 1.84. The fraction of sp³-hybridized carbons (Fsp3) is 0.364. The summed E-state index contributed by atoms with van der Waals surface area (Å²) in [5, 5.41) is 12.3. The molecule has 0 aliphatic heterocycles. The van der Waals surface area contributed by atoms with Crippen molar-refractivity contribution in [3.05, 3.63) is 33.3 Å². The number of benzene rings is 1. The molecular formula is C11H13BrClNO2. The number of aliphatic hydroxyl groups is 1. The molecule has 0 radical (unpaired) electrons. The van der Waals surface area contributed by atoms with Crippen molar-refractivity contribution < 1.29 is 9.90 Å². The highest BCUT2D eigenvalue weighted by Crippen LogP contribution is 2.23.